The normalized spacial score (nSPS) is 22.8. The van der Waals surface area contributed by atoms with Gasteiger partial charge in [0.15, 0.2) is 0 Å². The molecule has 118 valence electrons. The van der Waals surface area contributed by atoms with Crippen LogP contribution in [0.3, 0.4) is 0 Å². The van der Waals surface area contributed by atoms with Crippen LogP contribution >= 0.6 is 0 Å². The summed E-state index contributed by atoms with van der Waals surface area (Å²) in [6.45, 7) is 0. The number of nitrogens with zero attached hydrogens (tertiary/aromatic N) is 5. The van der Waals surface area contributed by atoms with Gasteiger partial charge in [0.25, 0.3) is 0 Å². The molecule has 2 aliphatic rings. The molecule has 0 saturated carbocycles. The van der Waals surface area contributed by atoms with E-state index in [4.69, 9.17) is 0 Å². The molecular formula is C16H18N6O. The summed E-state index contributed by atoms with van der Waals surface area (Å²) < 4.78 is 1.72. The Kier molecular flexibility index (Phi) is 3.33. The van der Waals surface area contributed by atoms with Crippen molar-refractivity contribution in [3.8, 4) is 0 Å². The monoisotopic (exact) mass is 310 g/mol. The molecule has 7 nitrogen and oxygen atoms in total. The number of amides is 1. The minimum atomic E-state index is 0.214. The third-order valence-electron chi connectivity index (χ3n) is 4.52. The molecule has 1 amide bonds. The van der Waals surface area contributed by atoms with E-state index in [0.717, 1.165) is 37.1 Å². The molecule has 0 spiro atoms. The van der Waals surface area contributed by atoms with Crippen LogP contribution in [-0.2, 0) is 11.8 Å². The molecule has 2 aromatic rings. The van der Waals surface area contributed by atoms with Crippen LogP contribution < -0.4 is 5.32 Å². The quantitative estimate of drug-likeness (QED) is 0.870. The highest BCUT2D eigenvalue weighted by Crippen LogP contribution is 2.37. The Morgan fingerprint density at radius 3 is 3.04 bits per heavy atom. The number of hydrogen-bond acceptors (Lipinski definition) is 5. The summed E-state index contributed by atoms with van der Waals surface area (Å²) in [5.74, 6) is 0.557. The summed E-state index contributed by atoms with van der Waals surface area (Å²) in [6.07, 6.45) is 11.5. The van der Waals surface area contributed by atoms with Gasteiger partial charge in [-0.15, -0.1) is 0 Å². The van der Waals surface area contributed by atoms with E-state index < -0.39 is 0 Å². The molecular weight excluding hydrogens is 292 g/mol. The van der Waals surface area contributed by atoms with E-state index in [2.05, 4.69) is 26.5 Å². The topological polar surface area (TPSA) is 75.9 Å². The van der Waals surface area contributed by atoms with Crippen molar-refractivity contribution in [2.45, 2.75) is 31.3 Å². The molecule has 2 aliphatic heterocycles. The average Bonchev–Trinajstić information content (AvgIpc) is 3.07. The van der Waals surface area contributed by atoms with E-state index in [1.807, 2.05) is 24.2 Å². The van der Waals surface area contributed by atoms with Gasteiger partial charge in [-0.05, 0) is 30.9 Å². The lowest BCUT2D eigenvalue weighted by atomic mass is 9.99. The van der Waals surface area contributed by atoms with Gasteiger partial charge in [0.05, 0.1) is 23.6 Å². The molecule has 2 unspecified atom stereocenters. The molecule has 2 aromatic heterocycles. The first-order valence-corrected chi connectivity index (χ1v) is 7.75. The second-order valence-electron chi connectivity index (χ2n) is 6.04. The Balaban J connectivity index is 1.58. The minimum absolute atomic E-state index is 0.214. The SMILES string of the molecule is Cn1cc(Nc2nccc(C3=CC4CCC(C3)N4C=O)n2)cn1. The van der Waals surface area contributed by atoms with Gasteiger partial charge in [-0.1, -0.05) is 6.08 Å². The second-order valence-corrected chi connectivity index (χ2v) is 6.04. The predicted octanol–water partition coefficient (Wildman–Crippen LogP) is 1.73. The zero-order valence-corrected chi connectivity index (χ0v) is 12.9. The fraction of sp³-hybridized carbons (Fsp3) is 0.375. The van der Waals surface area contributed by atoms with Crippen molar-refractivity contribution in [3.63, 3.8) is 0 Å². The summed E-state index contributed by atoms with van der Waals surface area (Å²) in [7, 11) is 1.86. The molecule has 23 heavy (non-hydrogen) atoms. The van der Waals surface area contributed by atoms with E-state index >= 15 is 0 Å². The Hall–Kier alpha value is -2.70. The van der Waals surface area contributed by atoms with E-state index in [1.54, 1.807) is 17.1 Å². The molecule has 1 saturated heterocycles. The maximum absolute atomic E-state index is 11.2. The first kappa shape index (κ1) is 13.9. The van der Waals surface area contributed by atoms with Gasteiger partial charge in [0.2, 0.25) is 12.4 Å². The van der Waals surface area contributed by atoms with Crippen LogP contribution in [0.25, 0.3) is 5.57 Å². The Labute approximate surface area is 134 Å². The summed E-state index contributed by atoms with van der Waals surface area (Å²) >= 11 is 0. The molecule has 2 atom stereocenters. The van der Waals surface area contributed by atoms with Crippen molar-refractivity contribution in [2.75, 3.05) is 5.32 Å². The fourth-order valence-corrected chi connectivity index (χ4v) is 3.43. The number of anilines is 2. The largest absolute Gasteiger partial charge is 0.335 e. The lowest BCUT2D eigenvalue weighted by Crippen LogP contribution is -2.37. The van der Waals surface area contributed by atoms with Crippen LogP contribution in [0.15, 0.2) is 30.7 Å². The van der Waals surface area contributed by atoms with E-state index in [9.17, 15) is 4.79 Å². The molecule has 0 aromatic carbocycles. The number of nitrogens with one attached hydrogen (secondary N) is 1. The highest BCUT2D eigenvalue weighted by atomic mass is 16.1. The molecule has 2 bridgehead atoms. The number of fused-ring (bicyclic) bond motifs is 2. The van der Waals surface area contributed by atoms with Crippen molar-refractivity contribution in [1.82, 2.24) is 24.6 Å². The molecule has 4 heterocycles. The zero-order chi connectivity index (χ0) is 15.8. The predicted molar refractivity (Wildman–Crippen MR) is 85.8 cm³/mol. The van der Waals surface area contributed by atoms with E-state index in [0.29, 0.717) is 12.0 Å². The number of carbonyl (C=O) groups excluding carboxylic acids is 1. The Bertz CT molecular complexity index is 767. The second kappa shape index (κ2) is 5.49. The average molecular weight is 310 g/mol. The van der Waals surface area contributed by atoms with Crippen molar-refractivity contribution in [1.29, 1.82) is 0 Å². The van der Waals surface area contributed by atoms with Crippen LogP contribution in [0.5, 0.6) is 0 Å². The highest BCUT2D eigenvalue weighted by Gasteiger charge is 2.36. The maximum atomic E-state index is 11.2. The summed E-state index contributed by atoms with van der Waals surface area (Å²) in [4.78, 5) is 22.0. The van der Waals surface area contributed by atoms with Crippen LogP contribution in [0, 0.1) is 0 Å². The smallest absolute Gasteiger partial charge is 0.227 e. The molecule has 4 rings (SSSR count). The van der Waals surface area contributed by atoms with Gasteiger partial charge < -0.3 is 10.2 Å². The summed E-state index contributed by atoms with van der Waals surface area (Å²) in [5, 5.41) is 7.28. The molecule has 1 N–H and O–H groups in total. The van der Waals surface area contributed by atoms with Crippen LogP contribution in [0.2, 0.25) is 0 Å². The lowest BCUT2D eigenvalue weighted by Gasteiger charge is -2.30. The number of aryl methyl sites for hydroxylation is 1. The number of hydrogen-bond donors (Lipinski definition) is 1. The van der Waals surface area contributed by atoms with Crippen molar-refractivity contribution in [3.05, 3.63) is 36.4 Å². The molecule has 1 fully saturated rings. The zero-order valence-electron chi connectivity index (χ0n) is 12.9. The van der Waals surface area contributed by atoms with Gasteiger partial charge in [0, 0.05) is 25.5 Å². The number of rotatable bonds is 4. The van der Waals surface area contributed by atoms with Crippen molar-refractivity contribution in [2.24, 2.45) is 7.05 Å². The van der Waals surface area contributed by atoms with Crippen molar-refractivity contribution >= 4 is 23.6 Å². The Morgan fingerprint density at radius 2 is 2.30 bits per heavy atom. The first-order valence-electron chi connectivity index (χ1n) is 7.75. The van der Waals surface area contributed by atoms with Gasteiger partial charge in [-0.2, -0.15) is 5.10 Å². The minimum Gasteiger partial charge on any atom is -0.335 e. The Morgan fingerprint density at radius 1 is 1.39 bits per heavy atom. The molecule has 0 radical (unpaired) electrons. The fourth-order valence-electron chi connectivity index (χ4n) is 3.43. The number of aromatic nitrogens is 4. The van der Waals surface area contributed by atoms with Gasteiger partial charge in [-0.25, -0.2) is 9.97 Å². The van der Waals surface area contributed by atoms with Crippen LogP contribution in [-0.4, -0.2) is 43.1 Å². The van der Waals surface area contributed by atoms with E-state index in [1.165, 1.54) is 5.57 Å². The highest BCUT2D eigenvalue weighted by molar-refractivity contribution is 5.68. The summed E-state index contributed by atoms with van der Waals surface area (Å²) in [5.41, 5.74) is 2.98. The molecule has 7 heteroatoms. The third kappa shape index (κ3) is 2.58. The van der Waals surface area contributed by atoms with Crippen LogP contribution in [0.1, 0.15) is 25.0 Å². The van der Waals surface area contributed by atoms with Gasteiger partial charge in [-0.3, -0.25) is 9.48 Å². The van der Waals surface area contributed by atoms with Crippen molar-refractivity contribution < 1.29 is 4.79 Å². The number of carbonyl (C=O) groups is 1. The van der Waals surface area contributed by atoms with Gasteiger partial charge in [0.1, 0.15) is 0 Å². The molecule has 0 aliphatic carbocycles. The lowest BCUT2D eigenvalue weighted by molar-refractivity contribution is -0.120. The maximum Gasteiger partial charge on any atom is 0.227 e. The standard InChI is InChI=1S/C16H18N6O/c1-21-9-12(8-18-21)19-16-17-5-4-15(20-16)11-6-13-2-3-14(7-11)22(13)10-23/h4-6,8-10,13-14H,2-3,7H2,1H3,(H,17,19,20). The van der Waals surface area contributed by atoms with Crippen LogP contribution in [0.4, 0.5) is 11.6 Å². The first-order chi connectivity index (χ1) is 11.2. The third-order valence-corrected chi connectivity index (χ3v) is 4.52. The van der Waals surface area contributed by atoms with E-state index in [-0.39, 0.29) is 6.04 Å². The van der Waals surface area contributed by atoms with Gasteiger partial charge >= 0.3 is 0 Å². The summed E-state index contributed by atoms with van der Waals surface area (Å²) in [6, 6.07) is 2.45.